The summed E-state index contributed by atoms with van der Waals surface area (Å²) >= 11 is 1.47. The number of rotatable bonds is 2. The Morgan fingerprint density at radius 3 is 2.74 bits per heavy atom. The van der Waals surface area contributed by atoms with Crippen molar-refractivity contribution in [2.45, 2.75) is 39.2 Å². The molecule has 6 heteroatoms. The van der Waals surface area contributed by atoms with E-state index in [1.54, 1.807) is 6.07 Å². The number of likely N-dealkylation sites (tertiary alicyclic amines) is 1. The monoisotopic (exact) mass is 278 g/mol. The van der Waals surface area contributed by atoms with Crippen LogP contribution >= 0.6 is 11.3 Å². The van der Waals surface area contributed by atoms with Gasteiger partial charge in [0.2, 0.25) is 4.96 Å². The molecule has 3 rings (SSSR count). The predicted molar refractivity (Wildman–Crippen MR) is 75.6 cm³/mol. The normalized spacial score (nSPS) is 17.7. The third-order valence-corrected chi connectivity index (χ3v) is 4.31. The number of aryl methyl sites for hydroxylation is 1. The Bertz CT molecular complexity index is 625. The molecule has 0 N–H and O–H groups in total. The highest BCUT2D eigenvalue weighted by Gasteiger charge is 2.12. The standard InChI is InChI=1S/C13H18N4OS/c1-10-15-17-12(18)8-11(14-13(17)19-10)9-16-6-4-2-3-5-7-16/h8H,2-7,9H2,1H3. The first kappa shape index (κ1) is 12.7. The van der Waals surface area contributed by atoms with Crippen molar-refractivity contribution >= 4 is 16.3 Å². The van der Waals surface area contributed by atoms with E-state index in [9.17, 15) is 4.79 Å². The zero-order chi connectivity index (χ0) is 13.2. The largest absolute Gasteiger partial charge is 0.298 e. The SMILES string of the molecule is Cc1nn2c(=O)cc(CN3CCCCCC3)nc2s1. The van der Waals surface area contributed by atoms with E-state index in [0.29, 0.717) is 4.96 Å². The lowest BCUT2D eigenvalue weighted by molar-refractivity contribution is 0.273. The number of hydrogen-bond acceptors (Lipinski definition) is 5. The Morgan fingerprint density at radius 2 is 2.00 bits per heavy atom. The summed E-state index contributed by atoms with van der Waals surface area (Å²) in [4.78, 5) is 19.6. The fourth-order valence-corrected chi connectivity index (χ4v) is 3.32. The van der Waals surface area contributed by atoms with Gasteiger partial charge in [0.05, 0.1) is 5.69 Å². The smallest absolute Gasteiger partial charge is 0.275 e. The first-order valence-electron chi connectivity index (χ1n) is 6.81. The first-order valence-corrected chi connectivity index (χ1v) is 7.63. The lowest BCUT2D eigenvalue weighted by atomic mass is 10.2. The van der Waals surface area contributed by atoms with Crippen molar-refractivity contribution in [1.82, 2.24) is 19.5 Å². The first-order chi connectivity index (χ1) is 9.22. The molecule has 2 aromatic heterocycles. The molecule has 1 aliphatic rings. The van der Waals surface area contributed by atoms with Gasteiger partial charge in [-0.05, 0) is 32.9 Å². The summed E-state index contributed by atoms with van der Waals surface area (Å²) in [7, 11) is 0. The lowest BCUT2D eigenvalue weighted by Gasteiger charge is -2.18. The third-order valence-electron chi connectivity index (χ3n) is 3.48. The number of fused-ring (bicyclic) bond motifs is 1. The van der Waals surface area contributed by atoms with E-state index in [0.717, 1.165) is 30.3 Å². The minimum Gasteiger partial charge on any atom is -0.298 e. The molecule has 5 nitrogen and oxygen atoms in total. The van der Waals surface area contributed by atoms with Crippen molar-refractivity contribution in [2.24, 2.45) is 0 Å². The summed E-state index contributed by atoms with van der Waals surface area (Å²) in [6.07, 6.45) is 5.14. The molecule has 0 atom stereocenters. The Kier molecular flexibility index (Phi) is 3.61. The van der Waals surface area contributed by atoms with Crippen LogP contribution in [0.4, 0.5) is 0 Å². The van der Waals surface area contributed by atoms with Gasteiger partial charge in [0.25, 0.3) is 5.56 Å². The highest BCUT2D eigenvalue weighted by Crippen LogP contribution is 2.14. The maximum atomic E-state index is 12.0. The van der Waals surface area contributed by atoms with Crippen molar-refractivity contribution in [1.29, 1.82) is 0 Å². The van der Waals surface area contributed by atoms with Gasteiger partial charge in [0.1, 0.15) is 5.01 Å². The number of hydrogen-bond donors (Lipinski definition) is 0. The van der Waals surface area contributed by atoms with Crippen LogP contribution in [-0.2, 0) is 6.54 Å². The molecule has 3 heterocycles. The minimum absolute atomic E-state index is 0.0702. The highest BCUT2D eigenvalue weighted by atomic mass is 32.1. The highest BCUT2D eigenvalue weighted by molar-refractivity contribution is 7.16. The van der Waals surface area contributed by atoms with Crippen LogP contribution in [0.25, 0.3) is 4.96 Å². The molecule has 1 aliphatic heterocycles. The van der Waals surface area contributed by atoms with Crippen LogP contribution in [-0.4, -0.2) is 32.6 Å². The molecule has 102 valence electrons. The summed E-state index contributed by atoms with van der Waals surface area (Å²) in [5, 5.41) is 5.03. The van der Waals surface area contributed by atoms with Crippen molar-refractivity contribution in [3.05, 3.63) is 27.1 Å². The molecular weight excluding hydrogens is 260 g/mol. The second kappa shape index (κ2) is 5.38. The van der Waals surface area contributed by atoms with E-state index in [2.05, 4.69) is 15.0 Å². The van der Waals surface area contributed by atoms with Gasteiger partial charge in [0, 0.05) is 12.6 Å². The van der Waals surface area contributed by atoms with Crippen LogP contribution in [0.2, 0.25) is 0 Å². The maximum Gasteiger partial charge on any atom is 0.275 e. The fraction of sp³-hybridized carbons (Fsp3) is 0.615. The quantitative estimate of drug-likeness (QED) is 0.841. The van der Waals surface area contributed by atoms with Crippen molar-refractivity contribution < 1.29 is 0 Å². The fourth-order valence-electron chi connectivity index (χ4n) is 2.56. The molecule has 0 spiro atoms. The summed E-state index contributed by atoms with van der Waals surface area (Å²) in [5.74, 6) is 0. The van der Waals surface area contributed by atoms with Crippen LogP contribution in [0.1, 0.15) is 36.4 Å². The molecule has 1 fully saturated rings. The Labute approximate surface area is 115 Å². The number of aromatic nitrogens is 3. The molecule has 0 amide bonds. The summed E-state index contributed by atoms with van der Waals surface area (Å²) in [6, 6.07) is 1.62. The predicted octanol–water partition coefficient (Wildman–Crippen LogP) is 1.84. The molecule has 0 unspecified atom stereocenters. The Balaban J connectivity index is 1.86. The Morgan fingerprint density at radius 1 is 1.26 bits per heavy atom. The molecule has 0 aliphatic carbocycles. The minimum atomic E-state index is -0.0702. The molecular formula is C13H18N4OS. The van der Waals surface area contributed by atoms with Crippen molar-refractivity contribution in [2.75, 3.05) is 13.1 Å². The van der Waals surface area contributed by atoms with Crippen LogP contribution in [0.15, 0.2) is 10.9 Å². The molecule has 0 saturated carbocycles. The van der Waals surface area contributed by atoms with Gasteiger partial charge in [-0.2, -0.15) is 9.61 Å². The van der Waals surface area contributed by atoms with Crippen molar-refractivity contribution in [3.8, 4) is 0 Å². The molecule has 1 saturated heterocycles. The van der Waals surface area contributed by atoms with E-state index >= 15 is 0 Å². The van der Waals surface area contributed by atoms with Gasteiger partial charge in [0.15, 0.2) is 0 Å². The van der Waals surface area contributed by atoms with E-state index in [-0.39, 0.29) is 5.56 Å². The van der Waals surface area contributed by atoms with Crippen LogP contribution in [0.3, 0.4) is 0 Å². The van der Waals surface area contributed by atoms with Gasteiger partial charge < -0.3 is 0 Å². The lowest BCUT2D eigenvalue weighted by Crippen LogP contribution is -2.26. The van der Waals surface area contributed by atoms with E-state index < -0.39 is 0 Å². The second-order valence-electron chi connectivity index (χ2n) is 5.09. The molecule has 0 bridgehead atoms. The molecule has 2 aromatic rings. The average Bonchev–Trinajstić information content (AvgIpc) is 2.59. The van der Waals surface area contributed by atoms with Gasteiger partial charge in [-0.3, -0.25) is 9.69 Å². The van der Waals surface area contributed by atoms with Gasteiger partial charge in [-0.1, -0.05) is 24.2 Å². The van der Waals surface area contributed by atoms with Gasteiger partial charge in [-0.15, -0.1) is 0 Å². The summed E-state index contributed by atoms with van der Waals surface area (Å²) in [6.45, 7) is 4.90. The Hall–Kier alpha value is -1.27. The average molecular weight is 278 g/mol. The van der Waals surface area contributed by atoms with Crippen LogP contribution < -0.4 is 5.56 Å². The van der Waals surface area contributed by atoms with E-state index in [1.807, 2.05) is 6.92 Å². The zero-order valence-electron chi connectivity index (χ0n) is 11.1. The van der Waals surface area contributed by atoms with Crippen LogP contribution in [0.5, 0.6) is 0 Å². The zero-order valence-corrected chi connectivity index (χ0v) is 11.9. The summed E-state index contributed by atoms with van der Waals surface area (Å²) < 4.78 is 1.39. The second-order valence-corrected chi connectivity index (χ2v) is 6.25. The third kappa shape index (κ3) is 2.84. The molecule has 0 aromatic carbocycles. The summed E-state index contributed by atoms with van der Waals surface area (Å²) in [5.41, 5.74) is 0.801. The van der Waals surface area contributed by atoms with Crippen LogP contribution in [0, 0.1) is 6.92 Å². The number of nitrogens with zero attached hydrogens (tertiary/aromatic N) is 4. The maximum absolute atomic E-state index is 12.0. The topological polar surface area (TPSA) is 50.5 Å². The van der Waals surface area contributed by atoms with Gasteiger partial charge >= 0.3 is 0 Å². The van der Waals surface area contributed by atoms with Crippen molar-refractivity contribution in [3.63, 3.8) is 0 Å². The van der Waals surface area contributed by atoms with E-state index in [1.165, 1.54) is 41.5 Å². The molecule has 0 radical (unpaired) electrons. The molecule has 19 heavy (non-hydrogen) atoms. The van der Waals surface area contributed by atoms with Gasteiger partial charge in [-0.25, -0.2) is 4.98 Å². The van der Waals surface area contributed by atoms with E-state index in [4.69, 9.17) is 0 Å².